The van der Waals surface area contributed by atoms with Crippen LogP contribution < -0.4 is 11.1 Å². The van der Waals surface area contributed by atoms with Crippen LogP contribution in [0.4, 0.5) is 5.69 Å². The van der Waals surface area contributed by atoms with Crippen molar-refractivity contribution in [3.05, 3.63) is 23.8 Å². The summed E-state index contributed by atoms with van der Waals surface area (Å²) >= 11 is 0. The summed E-state index contributed by atoms with van der Waals surface area (Å²) in [7, 11) is 1.67. The standard InChI is InChI=1S/C13H18N2O3/c1-18-13(5-2-6-13)8-15-12(17)9-3-4-10(14)11(16)7-9/h3-4,7,16H,2,5-6,8,14H2,1H3,(H,15,17). The Morgan fingerprint density at radius 2 is 2.28 bits per heavy atom. The van der Waals surface area contributed by atoms with Crippen LogP contribution in [0.15, 0.2) is 18.2 Å². The van der Waals surface area contributed by atoms with Crippen LogP contribution in [0.25, 0.3) is 0 Å². The first-order chi connectivity index (χ1) is 8.56. The van der Waals surface area contributed by atoms with Crippen molar-refractivity contribution in [3.8, 4) is 5.75 Å². The van der Waals surface area contributed by atoms with E-state index in [2.05, 4.69) is 5.32 Å². The lowest BCUT2D eigenvalue weighted by molar-refractivity contribution is -0.0679. The van der Waals surface area contributed by atoms with Crippen LogP contribution in [0.1, 0.15) is 29.6 Å². The molecular formula is C13H18N2O3. The molecule has 18 heavy (non-hydrogen) atoms. The number of benzene rings is 1. The Morgan fingerprint density at radius 3 is 2.78 bits per heavy atom. The van der Waals surface area contributed by atoms with Crippen molar-refractivity contribution in [2.45, 2.75) is 24.9 Å². The Bertz CT molecular complexity index is 450. The van der Waals surface area contributed by atoms with E-state index < -0.39 is 0 Å². The lowest BCUT2D eigenvalue weighted by Gasteiger charge is -2.40. The van der Waals surface area contributed by atoms with Crippen LogP contribution in [0.2, 0.25) is 0 Å². The van der Waals surface area contributed by atoms with Gasteiger partial charge in [0.1, 0.15) is 5.75 Å². The summed E-state index contributed by atoms with van der Waals surface area (Å²) in [5.41, 5.74) is 5.94. The van der Waals surface area contributed by atoms with E-state index in [4.69, 9.17) is 10.5 Å². The molecule has 1 aromatic carbocycles. The molecule has 1 aliphatic carbocycles. The van der Waals surface area contributed by atoms with Gasteiger partial charge in [0.2, 0.25) is 0 Å². The predicted molar refractivity (Wildman–Crippen MR) is 68.4 cm³/mol. The number of phenolic OH excluding ortho intramolecular Hbond substituents is 1. The van der Waals surface area contributed by atoms with E-state index in [0.29, 0.717) is 12.1 Å². The summed E-state index contributed by atoms with van der Waals surface area (Å²) in [6, 6.07) is 4.47. The molecule has 1 fully saturated rings. The molecule has 4 N–H and O–H groups in total. The van der Waals surface area contributed by atoms with Gasteiger partial charge in [0.05, 0.1) is 11.3 Å². The van der Waals surface area contributed by atoms with Crippen LogP contribution in [-0.4, -0.2) is 30.3 Å². The topological polar surface area (TPSA) is 84.6 Å². The Balaban J connectivity index is 1.97. The van der Waals surface area contributed by atoms with Gasteiger partial charge in [-0.3, -0.25) is 4.79 Å². The van der Waals surface area contributed by atoms with Crippen LogP contribution in [-0.2, 0) is 4.74 Å². The number of nitrogen functional groups attached to an aromatic ring is 1. The molecule has 0 aromatic heterocycles. The van der Waals surface area contributed by atoms with E-state index >= 15 is 0 Å². The second kappa shape index (κ2) is 4.86. The summed E-state index contributed by atoms with van der Waals surface area (Å²) in [4.78, 5) is 11.9. The lowest BCUT2D eigenvalue weighted by atomic mass is 9.80. The van der Waals surface area contributed by atoms with Gasteiger partial charge in [-0.2, -0.15) is 0 Å². The summed E-state index contributed by atoms with van der Waals surface area (Å²) in [5, 5.41) is 12.3. The molecule has 1 amide bonds. The zero-order valence-electron chi connectivity index (χ0n) is 10.4. The van der Waals surface area contributed by atoms with Gasteiger partial charge in [-0.05, 0) is 37.5 Å². The number of aromatic hydroxyl groups is 1. The number of rotatable bonds is 4. The van der Waals surface area contributed by atoms with Gasteiger partial charge in [0.25, 0.3) is 5.91 Å². The maximum atomic E-state index is 11.9. The Morgan fingerprint density at radius 1 is 1.56 bits per heavy atom. The fraction of sp³-hybridized carbons (Fsp3) is 0.462. The largest absolute Gasteiger partial charge is 0.506 e. The van der Waals surface area contributed by atoms with E-state index in [-0.39, 0.29) is 22.9 Å². The summed E-state index contributed by atoms with van der Waals surface area (Å²) in [6.07, 6.45) is 3.07. The average molecular weight is 250 g/mol. The van der Waals surface area contributed by atoms with Gasteiger partial charge in [-0.1, -0.05) is 0 Å². The minimum atomic E-state index is -0.228. The highest BCUT2D eigenvalue weighted by Crippen LogP contribution is 2.34. The Kier molecular flexibility index (Phi) is 3.43. The molecule has 98 valence electrons. The van der Waals surface area contributed by atoms with Crippen molar-refractivity contribution >= 4 is 11.6 Å². The third kappa shape index (κ3) is 2.41. The molecule has 0 aliphatic heterocycles. The van der Waals surface area contributed by atoms with E-state index in [1.165, 1.54) is 12.1 Å². The number of methoxy groups -OCH3 is 1. The minimum Gasteiger partial charge on any atom is -0.506 e. The van der Waals surface area contributed by atoms with Crippen molar-refractivity contribution in [2.75, 3.05) is 19.4 Å². The fourth-order valence-electron chi connectivity index (χ4n) is 2.05. The van der Waals surface area contributed by atoms with Crippen molar-refractivity contribution in [3.63, 3.8) is 0 Å². The average Bonchev–Trinajstić information content (AvgIpc) is 2.31. The summed E-state index contributed by atoms with van der Waals surface area (Å²) < 4.78 is 5.42. The summed E-state index contributed by atoms with van der Waals surface area (Å²) in [6.45, 7) is 0.494. The van der Waals surface area contributed by atoms with Crippen LogP contribution in [0, 0.1) is 0 Å². The number of carbonyl (C=O) groups excluding carboxylic acids is 1. The van der Waals surface area contributed by atoms with Crippen molar-refractivity contribution in [2.24, 2.45) is 0 Å². The quantitative estimate of drug-likeness (QED) is 0.555. The first kappa shape index (κ1) is 12.7. The minimum absolute atomic E-state index is 0.0762. The number of carbonyl (C=O) groups is 1. The van der Waals surface area contributed by atoms with Gasteiger partial charge >= 0.3 is 0 Å². The highest BCUT2D eigenvalue weighted by Gasteiger charge is 2.37. The van der Waals surface area contributed by atoms with Crippen LogP contribution in [0.5, 0.6) is 5.75 Å². The molecule has 0 atom stereocenters. The molecule has 0 bridgehead atoms. The van der Waals surface area contributed by atoms with E-state index in [9.17, 15) is 9.90 Å². The van der Waals surface area contributed by atoms with Crippen LogP contribution >= 0.6 is 0 Å². The molecule has 0 heterocycles. The molecule has 1 saturated carbocycles. The molecule has 1 aromatic rings. The monoisotopic (exact) mass is 250 g/mol. The van der Waals surface area contributed by atoms with Gasteiger partial charge in [-0.25, -0.2) is 0 Å². The van der Waals surface area contributed by atoms with E-state index in [0.717, 1.165) is 19.3 Å². The molecule has 5 heteroatoms. The molecule has 1 aliphatic rings. The first-order valence-corrected chi connectivity index (χ1v) is 5.98. The SMILES string of the molecule is COC1(CNC(=O)c2ccc(N)c(O)c2)CCC1. The number of nitrogens with one attached hydrogen (secondary N) is 1. The number of amides is 1. The molecule has 0 spiro atoms. The van der Waals surface area contributed by atoms with E-state index in [1.54, 1.807) is 13.2 Å². The van der Waals surface area contributed by atoms with Crippen molar-refractivity contribution in [1.29, 1.82) is 0 Å². The third-order valence-corrected chi connectivity index (χ3v) is 3.56. The number of anilines is 1. The van der Waals surface area contributed by atoms with Crippen LogP contribution in [0.3, 0.4) is 0 Å². The highest BCUT2D eigenvalue weighted by atomic mass is 16.5. The van der Waals surface area contributed by atoms with Gasteiger partial charge in [-0.15, -0.1) is 0 Å². The molecule has 0 unspecified atom stereocenters. The fourth-order valence-corrected chi connectivity index (χ4v) is 2.05. The zero-order valence-corrected chi connectivity index (χ0v) is 10.4. The highest BCUT2D eigenvalue weighted by molar-refractivity contribution is 5.95. The predicted octanol–water partition coefficient (Wildman–Crippen LogP) is 1.27. The molecule has 0 saturated heterocycles. The number of phenols is 1. The maximum Gasteiger partial charge on any atom is 0.251 e. The Labute approximate surface area is 106 Å². The van der Waals surface area contributed by atoms with Gasteiger partial charge in [0.15, 0.2) is 0 Å². The molecule has 0 radical (unpaired) electrons. The smallest absolute Gasteiger partial charge is 0.251 e. The first-order valence-electron chi connectivity index (χ1n) is 5.98. The number of nitrogens with two attached hydrogens (primary N) is 1. The van der Waals surface area contributed by atoms with Crippen molar-refractivity contribution < 1.29 is 14.6 Å². The maximum absolute atomic E-state index is 11.9. The second-order valence-corrected chi connectivity index (χ2v) is 4.70. The normalized spacial score (nSPS) is 16.9. The number of ether oxygens (including phenoxy) is 1. The third-order valence-electron chi connectivity index (χ3n) is 3.56. The molecule has 2 rings (SSSR count). The van der Waals surface area contributed by atoms with Crippen molar-refractivity contribution in [1.82, 2.24) is 5.32 Å². The molecule has 5 nitrogen and oxygen atoms in total. The van der Waals surface area contributed by atoms with Gasteiger partial charge < -0.3 is 20.9 Å². The number of hydrogen-bond donors (Lipinski definition) is 3. The number of hydrogen-bond acceptors (Lipinski definition) is 4. The van der Waals surface area contributed by atoms with E-state index in [1.807, 2.05) is 0 Å². The lowest BCUT2D eigenvalue weighted by Crippen LogP contribution is -2.49. The Hall–Kier alpha value is -1.75. The zero-order chi connectivity index (χ0) is 13.2. The molecular weight excluding hydrogens is 232 g/mol. The summed E-state index contributed by atoms with van der Waals surface area (Å²) in [5.74, 6) is -0.304. The van der Waals surface area contributed by atoms with Gasteiger partial charge in [0, 0.05) is 19.2 Å². The second-order valence-electron chi connectivity index (χ2n) is 4.70.